The van der Waals surface area contributed by atoms with Crippen LogP contribution in [0.15, 0.2) is 17.2 Å². The molecule has 4 atom stereocenters. The lowest BCUT2D eigenvalue weighted by molar-refractivity contribution is -0.0457. The summed E-state index contributed by atoms with van der Waals surface area (Å²) in [6, 6.07) is 1.43. The molecular weight excluding hydrogens is 271 g/mol. The smallest absolute Gasteiger partial charge is 0.277 e. The predicted octanol–water partition coefficient (Wildman–Crippen LogP) is -1.10. The molecule has 1 unspecified atom stereocenters. The number of nitrogens with two attached hydrogens (primary N) is 1. The van der Waals surface area contributed by atoms with Gasteiger partial charge in [0.2, 0.25) is 0 Å². The number of anilines is 1. The monoisotopic (exact) mass is 284 g/mol. The van der Waals surface area contributed by atoms with Crippen LogP contribution in [0.1, 0.15) is 6.23 Å². The first-order valence-electron chi connectivity index (χ1n) is 5.96. The minimum atomic E-state index is -1.75. The van der Waals surface area contributed by atoms with Gasteiger partial charge >= 0.3 is 0 Å². The normalized spacial score (nSPS) is 30.1. The van der Waals surface area contributed by atoms with E-state index in [1.165, 1.54) is 17.0 Å². The number of halogens is 1. The van der Waals surface area contributed by atoms with E-state index in [2.05, 4.69) is 9.97 Å². The molecule has 5 N–H and O–H groups in total. The first-order valence-corrected chi connectivity index (χ1v) is 5.96. The molecule has 0 bridgehead atoms. The third-order valence-electron chi connectivity index (χ3n) is 3.35. The number of aromatic amines is 1. The summed E-state index contributed by atoms with van der Waals surface area (Å²) in [6.07, 6.45) is -4.14. The zero-order chi connectivity index (χ0) is 14.4. The number of alkyl halides is 1. The van der Waals surface area contributed by atoms with Gasteiger partial charge in [-0.3, -0.25) is 4.79 Å². The Labute approximate surface area is 111 Å². The summed E-state index contributed by atoms with van der Waals surface area (Å²) in [5.41, 5.74) is 5.44. The van der Waals surface area contributed by atoms with Crippen molar-refractivity contribution in [2.75, 3.05) is 12.3 Å². The van der Waals surface area contributed by atoms with E-state index in [-0.39, 0.29) is 11.3 Å². The van der Waals surface area contributed by atoms with Crippen LogP contribution in [0.25, 0.3) is 11.0 Å². The molecule has 3 rings (SSSR count). The fraction of sp³-hybridized carbons (Fsp3) is 0.455. The Kier molecular flexibility index (Phi) is 2.96. The zero-order valence-electron chi connectivity index (χ0n) is 10.2. The average Bonchev–Trinajstić information content (AvgIpc) is 2.93. The maximum absolute atomic E-state index is 14.1. The molecule has 0 radical (unpaired) electrons. The number of nitrogens with zero attached hydrogens (tertiary/aromatic N) is 2. The van der Waals surface area contributed by atoms with Gasteiger partial charge in [0.25, 0.3) is 5.56 Å². The predicted molar refractivity (Wildman–Crippen MR) is 66.7 cm³/mol. The highest BCUT2D eigenvalue weighted by molar-refractivity contribution is 5.76. The maximum Gasteiger partial charge on any atom is 0.277 e. The molecule has 108 valence electrons. The second-order valence-electron chi connectivity index (χ2n) is 4.62. The van der Waals surface area contributed by atoms with Crippen molar-refractivity contribution in [2.45, 2.75) is 24.6 Å². The molecule has 1 fully saturated rings. The van der Waals surface area contributed by atoms with E-state index >= 15 is 0 Å². The van der Waals surface area contributed by atoms with Crippen molar-refractivity contribution < 1.29 is 19.3 Å². The van der Waals surface area contributed by atoms with Gasteiger partial charge in [-0.15, -0.1) is 0 Å². The van der Waals surface area contributed by atoms with Gasteiger partial charge in [0.05, 0.1) is 18.5 Å². The number of nitrogen functional groups attached to an aromatic ring is 1. The van der Waals surface area contributed by atoms with E-state index in [1.807, 2.05) is 0 Å². The summed E-state index contributed by atoms with van der Waals surface area (Å²) in [6.45, 7) is -0.507. The van der Waals surface area contributed by atoms with Crippen LogP contribution in [0.3, 0.4) is 0 Å². The molecular formula is C11H13FN4O4. The first kappa shape index (κ1) is 13.0. The second kappa shape index (κ2) is 4.54. The fourth-order valence-electron chi connectivity index (χ4n) is 2.34. The Morgan fingerprint density at radius 3 is 3.00 bits per heavy atom. The van der Waals surface area contributed by atoms with Crippen LogP contribution >= 0.6 is 0 Å². The molecule has 3 heterocycles. The third-order valence-corrected chi connectivity index (χ3v) is 3.35. The summed E-state index contributed by atoms with van der Waals surface area (Å²) in [5, 5.41) is 18.6. The summed E-state index contributed by atoms with van der Waals surface area (Å²) in [4.78, 5) is 17.9. The molecule has 0 spiro atoms. The number of aliphatic hydroxyl groups is 2. The Morgan fingerprint density at radius 1 is 1.60 bits per heavy atom. The van der Waals surface area contributed by atoms with Gasteiger partial charge in [-0.1, -0.05) is 0 Å². The van der Waals surface area contributed by atoms with Crippen LogP contribution < -0.4 is 11.3 Å². The van der Waals surface area contributed by atoms with Crippen LogP contribution in [0, 0.1) is 0 Å². The van der Waals surface area contributed by atoms with Crippen molar-refractivity contribution in [3.05, 3.63) is 22.7 Å². The number of H-pyrrole nitrogens is 1. The van der Waals surface area contributed by atoms with E-state index in [1.54, 1.807) is 0 Å². The van der Waals surface area contributed by atoms with Gasteiger partial charge < -0.3 is 30.2 Å². The number of ether oxygens (including phenoxy) is 1. The largest absolute Gasteiger partial charge is 0.394 e. The average molecular weight is 284 g/mol. The lowest BCUT2D eigenvalue weighted by Gasteiger charge is -2.15. The quantitative estimate of drug-likeness (QED) is 0.554. The minimum Gasteiger partial charge on any atom is -0.394 e. The highest BCUT2D eigenvalue weighted by atomic mass is 19.1. The van der Waals surface area contributed by atoms with Crippen LogP contribution in [0.2, 0.25) is 0 Å². The molecule has 0 saturated carbocycles. The van der Waals surface area contributed by atoms with Crippen LogP contribution in [0.5, 0.6) is 0 Å². The fourth-order valence-corrected chi connectivity index (χ4v) is 2.34. The highest BCUT2D eigenvalue weighted by Gasteiger charge is 2.45. The van der Waals surface area contributed by atoms with E-state index in [0.29, 0.717) is 5.52 Å². The van der Waals surface area contributed by atoms with Crippen LogP contribution in [-0.2, 0) is 4.74 Å². The van der Waals surface area contributed by atoms with E-state index < -0.39 is 36.8 Å². The number of rotatable bonds is 2. The molecule has 1 aliphatic heterocycles. The summed E-state index contributed by atoms with van der Waals surface area (Å²) >= 11 is 0. The molecule has 1 aliphatic rings. The number of hydrogen-bond donors (Lipinski definition) is 4. The van der Waals surface area contributed by atoms with E-state index in [4.69, 9.17) is 15.6 Å². The van der Waals surface area contributed by atoms with Crippen molar-refractivity contribution >= 4 is 16.9 Å². The first-order chi connectivity index (χ1) is 9.52. The number of aromatic nitrogens is 3. The SMILES string of the molecule is Nc1cc2c(ncn2C2O[C@H](CO)[C@@H](O)[C@H]2F)c(=O)[nH]1. The van der Waals surface area contributed by atoms with Crippen molar-refractivity contribution in [3.8, 4) is 0 Å². The Morgan fingerprint density at radius 2 is 2.35 bits per heavy atom. The van der Waals surface area contributed by atoms with Crippen molar-refractivity contribution in [3.63, 3.8) is 0 Å². The molecule has 9 heteroatoms. The van der Waals surface area contributed by atoms with E-state index in [9.17, 15) is 14.3 Å². The van der Waals surface area contributed by atoms with Crippen molar-refractivity contribution in [2.24, 2.45) is 0 Å². The maximum atomic E-state index is 14.1. The molecule has 1 saturated heterocycles. The second-order valence-corrected chi connectivity index (χ2v) is 4.62. The Balaban J connectivity index is 2.09. The number of aliphatic hydroxyl groups excluding tert-OH is 2. The Hall–Kier alpha value is -1.97. The Bertz CT molecular complexity index is 699. The topological polar surface area (TPSA) is 126 Å². The van der Waals surface area contributed by atoms with Gasteiger partial charge in [0, 0.05) is 6.07 Å². The molecule has 0 amide bonds. The molecule has 0 aromatic carbocycles. The van der Waals surface area contributed by atoms with Gasteiger partial charge in [0.1, 0.15) is 18.0 Å². The zero-order valence-corrected chi connectivity index (χ0v) is 10.2. The van der Waals surface area contributed by atoms with Crippen molar-refractivity contribution in [1.82, 2.24) is 14.5 Å². The van der Waals surface area contributed by atoms with E-state index in [0.717, 1.165) is 0 Å². The summed E-state index contributed by atoms with van der Waals surface area (Å²) < 4.78 is 20.6. The molecule has 2 aromatic rings. The van der Waals surface area contributed by atoms with Crippen LogP contribution in [-0.4, -0.2) is 49.7 Å². The number of pyridine rings is 1. The lowest BCUT2D eigenvalue weighted by atomic mass is 10.1. The highest BCUT2D eigenvalue weighted by Crippen LogP contribution is 2.33. The summed E-state index contributed by atoms with van der Waals surface area (Å²) in [5.74, 6) is 0.108. The number of imidazole rings is 1. The van der Waals surface area contributed by atoms with Gasteiger partial charge in [-0.25, -0.2) is 9.37 Å². The number of fused-ring (bicyclic) bond motifs is 1. The van der Waals surface area contributed by atoms with Crippen LogP contribution in [0.4, 0.5) is 10.2 Å². The lowest BCUT2D eigenvalue weighted by Crippen LogP contribution is -2.30. The van der Waals surface area contributed by atoms with Gasteiger partial charge in [-0.2, -0.15) is 0 Å². The summed E-state index contributed by atoms with van der Waals surface area (Å²) in [7, 11) is 0. The number of hydrogen-bond acceptors (Lipinski definition) is 6. The van der Waals surface area contributed by atoms with Crippen molar-refractivity contribution in [1.29, 1.82) is 0 Å². The number of nitrogens with one attached hydrogen (secondary N) is 1. The van der Waals surface area contributed by atoms with Gasteiger partial charge in [0.15, 0.2) is 17.9 Å². The van der Waals surface area contributed by atoms with Gasteiger partial charge in [-0.05, 0) is 0 Å². The minimum absolute atomic E-state index is 0.0944. The molecule has 2 aromatic heterocycles. The third kappa shape index (κ3) is 1.79. The molecule has 0 aliphatic carbocycles. The molecule has 20 heavy (non-hydrogen) atoms. The molecule has 8 nitrogen and oxygen atoms in total. The standard InChI is InChI=1S/C11H13FN4O4/c12-7-9(18)5(2-17)20-11(7)16-3-14-8-4(16)1-6(13)15-10(8)19/h1,3,5,7,9,11,17-18H,2H2,(H3,13,15,19)/t5-,7-,9-,11?/m1/s1.